The maximum atomic E-state index is 13.1. The molecule has 1 heterocycles. The van der Waals surface area contributed by atoms with Gasteiger partial charge in [0, 0.05) is 18.7 Å². The van der Waals surface area contributed by atoms with Gasteiger partial charge in [-0.3, -0.25) is 9.69 Å². The molecule has 0 amide bonds. The Labute approximate surface area is 121 Å². The molecule has 3 nitrogen and oxygen atoms in total. The molecule has 1 saturated heterocycles. The lowest BCUT2D eigenvalue weighted by Gasteiger charge is -2.39. The van der Waals surface area contributed by atoms with E-state index in [9.17, 15) is 18.0 Å². The van der Waals surface area contributed by atoms with Crippen LogP contribution in [0, 0.1) is 0 Å². The summed E-state index contributed by atoms with van der Waals surface area (Å²) in [4.78, 5) is 14.5. The second-order valence-corrected chi connectivity index (χ2v) is 5.53. The van der Waals surface area contributed by atoms with Crippen molar-refractivity contribution in [3.63, 3.8) is 0 Å². The van der Waals surface area contributed by atoms with E-state index in [1.165, 1.54) is 18.2 Å². The van der Waals surface area contributed by atoms with Crippen molar-refractivity contribution in [1.29, 1.82) is 0 Å². The molecule has 0 aromatic heterocycles. The molecule has 0 atom stereocenters. The van der Waals surface area contributed by atoms with Crippen molar-refractivity contribution in [2.24, 2.45) is 0 Å². The lowest BCUT2D eigenvalue weighted by Crippen LogP contribution is -2.54. The molecule has 0 N–H and O–H groups in total. The molecule has 21 heavy (non-hydrogen) atoms. The topological polar surface area (TPSA) is 29.5 Å². The van der Waals surface area contributed by atoms with E-state index in [1.54, 1.807) is 13.8 Å². The maximum absolute atomic E-state index is 13.1. The monoisotopic (exact) mass is 301 g/mol. The summed E-state index contributed by atoms with van der Waals surface area (Å²) >= 11 is 0. The van der Waals surface area contributed by atoms with Crippen LogP contribution in [0.2, 0.25) is 0 Å². The van der Waals surface area contributed by atoms with Crippen LogP contribution in [0.1, 0.15) is 29.8 Å². The highest BCUT2D eigenvalue weighted by molar-refractivity contribution is 6.04. The number of carbonyl (C=O) groups excluding carboxylic acids is 1. The fourth-order valence-corrected chi connectivity index (χ4v) is 2.52. The average Bonchev–Trinajstić information content (AvgIpc) is 2.46. The smallest absolute Gasteiger partial charge is 0.379 e. The first-order valence-corrected chi connectivity index (χ1v) is 6.78. The van der Waals surface area contributed by atoms with Gasteiger partial charge >= 0.3 is 6.18 Å². The van der Waals surface area contributed by atoms with Crippen LogP contribution in [0.5, 0.6) is 0 Å². The van der Waals surface area contributed by atoms with Crippen LogP contribution in [0.25, 0.3) is 0 Å². The third kappa shape index (κ3) is 3.27. The van der Waals surface area contributed by atoms with Crippen molar-refractivity contribution >= 4 is 5.78 Å². The summed E-state index contributed by atoms with van der Waals surface area (Å²) in [6, 6.07) is 4.94. The molecule has 1 fully saturated rings. The number of ether oxygens (including phenoxy) is 1. The highest BCUT2D eigenvalue weighted by Gasteiger charge is 2.41. The van der Waals surface area contributed by atoms with Crippen molar-refractivity contribution in [1.82, 2.24) is 4.90 Å². The first-order chi connectivity index (χ1) is 9.74. The Kier molecular flexibility index (Phi) is 4.39. The van der Waals surface area contributed by atoms with E-state index in [4.69, 9.17) is 4.74 Å². The Morgan fingerprint density at radius 3 is 2.29 bits per heavy atom. The Bertz CT molecular complexity index is 520. The number of hydrogen-bond donors (Lipinski definition) is 0. The summed E-state index contributed by atoms with van der Waals surface area (Å²) in [5, 5.41) is 0. The van der Waals surface area contributed by atoms with Crippen LogP contribution in [0.3, 0.4) is 0 Å². The van der Waals surface area contributed by atoms with Gasteiger partial charge in [0.05, 0.1) is 24.3 Å². The zero-order valence-electron chi connectivity index (χ0n) is 12.0. The number of hydrogen-bond acceptors (Lipinski definition) is 3. The Morgan fingerprint density at radius 2 is 1.71 bits per heavy atom. The number of morpholine rings is 1. The van der Waals surface area contributed by atoms with Crippen LogP contribution in [0.15, 0.2) is 24.3 Å². The fourth-order valence-electron chi connectivity index (χ4n) is 2.52. The number of nitrogens with zero attached hydrogens (tertiary/aromatic N) is 1. The van der Waals surface area contributed by atoms with Crippen LogP contribution in [0.4, 0.5) is 13.2 Å². The molecule has 0 bridgehead atoms. The maximum Gasteiger partial charge on any atom is 0.417 e. The summed E-state index contributed by atoms with van der Waals surface area (Å²) < 4.78 is 44.4. The van der Waals surface area contributed by atoms with E-state index in [-0.39, 0.29) is 5.56 Å². The van der Waals surface area contributed by atoms with Crippen molar-refractivity contribution in [3.05, 3.63) is 35.4 Å². The second kappa shape index (κ2) is 5.77. The number of rotatable bonds is 3. The quantitative estimate of drug-likeness (QED) is 0.804. The van der Waals surface area contributed by atoms with Gasteiger partial charge in [-0.15, -0.1) is 0 Å². The molecule has 1 aliphatic heterocycles. The van der Waals surface area contributed by atoms with Gasteiger partial charge in [-0.05, 0) is 19.9 Å². The van der Waals surface area contributed by atoms with Crippen molar-refractivity contribution in [3.8, 4) is 0 Å². The number of halogens is 3. The summed E-state index contributed by atoms with van der Waals surface area (Å²) in [6.45, 7) is 5.36. The standard InChI is InChI=1S/C15H18F3NO2/c1-14(2,19-7-9-21-10-8-19)13(20)11-5-3-4-6-12(11)15(16,17)18/h3-6H,7-10H2,1-2H3. The molecule has 1 aromatic carbocycles. The third-order valence-corrected chi connectivity index (χ3v) is 3.83. The molecule has 1 aromatic rings. The van der Waals surface area contributed by atoms with E-state index >= 15 is 0 Å². The van der Waals surface area contributed by atoms with Gasteiger partial charge in [0.15, 0.2) is 5.78 Å². The lowest BCUT2D eigenvalue weighted by molar-refractivity contribution is -0.138. The van der Waals surface area contributed by atoms with E-state index in [2.05, 4.69) is 0 Å². The Hall–Kier alpha value is -1.40. The van der Waals surface area contributed by atoms with Crippen molar-refractivity contribution in [2.75, 3.05) is 26.3 Å². The van der Waals surface area contributed by atoms with Crippen LogP contribution in [-0.4, -0.2) is 42.5 Å². The zero-order chi connectivity index (χ0) is 15.7. The summed E-state index contributed by atoms with van der Waals surface area (Å²) in [7, 11) is 0. The van der Waals surface area contributed by atoms with E-state index in [1.807, 2.05) is 4.90 Å². The number of ketones is 1. The predicted octanol–water partition coefficient (Wildman–Crippen LogP) is 3.00. The minimum Gasteiger partial charge on any atom is -0.379 e. The minimum absolute atomic E-state index is 0.276. The number of carbonyl (C=O) groups is 1. The molecule has 0 saturated carbocycles. The van der Waals surface area contributed by atoms with Crippen molar-refractivity contribution < 1.29 is 22.7 Å². The Balaban J connectivity index is 2.35. The molecular formula is C15H18F3NO2. The van der Waals surface area contributed by atoms with Gasteiger partial charge in [0.2, 0.25) is 0 Å². The predicted molar refractivity (Wildman–Crippen MR) is 72.2 cm³/mol. The van der Waals surface area contributed by atoms with Crippen LogP contribution < -0.4 is 0 Å². The number of Topliss-reactive ketones (excluding diaryl/α,β-unsaturated/α-hetero) is 1. The summed E-state index contributed by atoms with van der Waals surface area (Å²) in [6.07, 6.45) is -4.53. The van der Waals surface area contributed by atoms with Gasteiger partial charge < -0.3 is 4.74 Å². The first kappa shape index (κ1) is 16.0. The van der Waals surface area contributed by atoms with Crippen LogP contribution >= 0.6 is 0 Å². The van der Waals surface area contributed by atoms with Gasteiger partial charge in [-0.25, -0.2) is 0 Å². The molecule has 2 rings (SSSR count). The molecule has 0 radical (unpaired) electrons. The molecule has 0 aliphatic carbocycles. The molecule has 1 aliphatic rings. The molecule has 0 spiro atoms. The van der Waals surface area contributed by atoms with E-state index in [0.717, 1.165) is 6.07 Å². The lowest BCUT2D eigenvalue weighted by atomic mass is 9.88. The molecule has 116 valence electrons. The van der Waals surface area contributed by atoms with Gasteiger partial charge in [-0.1, -0.05) is 18.2 Å². The SMILES string of the molecule is CC(C)(C(=O)c1ccccc1C(F)(F)F)N1CCOCC1. The first-order valence-electron chi connectivity index (χ1n) is 6.78. The average molecular weight is 301 g/mol. The molecular weight excluding hydrogens is 283 g/mol. The second-order valence-electron chi connectivity index (χ2n) is 5.53. The van der Waals surface area contributed by atoms with Gasteiger partial charge in [0.1, 0.15) is 0 Å². The largest absolute Gasteiger partial charge is 0.417 e. The fraction of sp³-hybridized carbons (Fsp3) is 0.533. The minimum atomic E-state index is -4.53. The number of benzene rings is 1. The summed E-state index contributed by atoms with van der Waals surface area (Å²) in [5.41, 5.74) is -2.15. The van der Waals surface area contributed by atoms with Crippen LogP contribution in [-0.2, 0) is 10.9 Å². The van der Waals surface area contributed by atoms with Crippen molar-refractivity contribution in [2.45, 2.75) is 25.6 Å². The van der Waals surface area contributed by atoms with E-state index in [0.29, 0.717) is 26.3 Å². The zero-order valence-corrected chi connectivity index (χ0v) is 12.0. The highest BCUT2D eigenvalue weighted by atomic mass is 19.4. The molecule has 6 heteroatoms. The normalized spacial score (nSPS) is 17.8. The Morgan fingerprint density at radius 1 is 1.14 bits per heavy atom. The highest BCUT2D eigenvalue weighted by Crippen LogP contribution is 2.34. The van der Waals surface area contributed by atoms with E-state index < -0.39 is 23.1 Å². The molecule has 0 unspecified atom stereocenters. The summed E-state index contributed by atoms with van der Waals surface area (Å²) in [5.74, 6) is -0.516. The third-order valence-electron chi connectivity index (χ3n) is 3.83. The van der Waals surface area contributed by atoms with Gasteiger partial charge in [0.25, 0.3) is 0 Å². The number of alkyl halides is 3. The van der Waals surface area contributed by atoms with Gasteiger partial charge in [-0.2, -0.15) is 13.2 Å².